The number of halogens is 1. The minimum Gasteiger partial charge on any atom is -0.364 e. The number of hydrazone groups is 1. The van der Waals surface area contributed by atoms with Crippen molar-refractivity contribution in [3.8, 4) is 0 Å². The van der Waals surface area contributed by atoms with Gasteiger partial charge in [0.1, 0.15) is 0 Å². The summed E-state index contributed by atoms with van der Waals surface area (Å²) in [6.45, 7) is 0. The minimum atomic E-state index is 0.498. The molecule has 0 amide bonds. The summed E-state index contributed by atoms with van der Waals surface area (Å²) >= 11 is 8.21. The van der Waals surface area contributed by atoms with Gasteiger partial charge >= 0.3 is 0 Å². The number of nitrogens with one attached hydrogen (secondary N) is 2. The van der Waals surface area contributed by atoms with Crippen LogP contribution in [0.25, 0.3) is 0 Å². The Labute approximate surface area is 96.7 Å². The number of benzene rings is 1. The lowest BCUT2D eigenvalue weighted by molar-refractivity contribution is 0.982. The first-order chi connectivity index (χ1) is 6.72. The summed E-state index contributed by atoms with van der Waals surface area (Å²) < 4.78 is 1.05. The summed E-state index contributed by atoms with van der Waals surface area (Å²) in [6, 6.07) is 7.82. The van der Waals surface area contributed by atoms with Crippen molar-refractivity contribution in [2.24, 2.45) is 5.10 Å². The van der Waals surface area contributed by atoms with Gasteiger partial charge in [-0.15, -0.1) is 0 Å². The highest BCUT2D eigenvalue weighted by Crippen LogP contribution is 2.08. The zero-order valence-corrected chi connectivity index (χ0v) is 10.0. The van der Waals surface area contributed by atoms with Gasteiger partial charge in [0.2, 0.25) is 0 Å². The third-order valence-corrected chi connectivity index (χ3v) is 2.30. The number of rotatable bonds is 2. The van der Waals surface area contributed by atoms with Crippen molar-refractivity contribution in [1.29, 1.82) is 0 Å². The Bertz CT molecular complexity index is 334. The van der Waals surface area contributed by atoms with Gasteiger partial charge in [-0.3, -0.25) is 5.43 Å². The quantitative estimate of drug-likeness (QED) is 0.490. The van der Waals surface area contributed by atoms with E-state index in [2.05, 4.69) is 31.8 Å². The molecule has 1 rings (SSSR count). The average molecular weight is 272 g/mol. The molecule has 3 nitrogen and oxygen atoms in total. The molecule has 0 aliphatic heterocycles. The molecule has 14 heavy (non-hydrogen) atoms. The molecule has 0 bridgehead atoms. The first kappa shape index (κ1) is 11.1. The van der Waals surface area contributed by atoms with Gasteiger partial charge in [-0.05, 0) is 29.9 Å². The van der Waals surface area contributed by atoms with Gasteiger partial charge in [0.05, 0.1) is 6.21 Å². The molecular formula is C9H10BrN3S. The summed E-state index contributed by atoms with van der Waals surface area (Å²) in [7, 11) is 1.74. The maximum atomic E-state index is 4.85. The predicted octanol–water partition coefficient (Wildman–Crippen LogP) is 1.88. The minimum absolute atomic E-state index is 0.498. The Hall–Kier alpha value is -0.940. The van der Waals surface area contributed by atoms with Gasteiger partial charge in [-0.25, -0.2) is 0 Å². The van der Waals surface area contributed by atoms with Crippen molar-refractivity contribution in [2.45, 2.75) is 0 Å². The molecule has 0 saturated heterocycles. The van der Waals surface area contributed by atoms with Crippen molar-refractivity contribution >= 4 is 39.5 Å². The maximum Gasteiger partial charge on any atom is 0.186 e. The summed E-state index contributed by atoms with van der Waals surface area (Å²) in [5.74, 6) is 0. The van der Waals surface area contributed by atoms with E-state index >= 15 is 0 Å². The third-order valence-electron chi connectivity index (χ3n) is 1.48. The van der Waals surface area contributed by atoms with Crippen molar-refractivity contribution in [2.75, 3.05) is 7.05 Å². The number of thiocarbonyl (C=S) groups is 1. The fraction of sp³-hybridized carbons (Fsp3) is 0.111. The van der Waals surface area contributed by atoms with Crippen molar-refractivity contribution in [3.05, 3.63) is 34.3 Å². The van der Waals surface area contributed by atoms with Gasteiger partial charge in [-0.2, -0.15) is 5.10 Å². The van der Waals surface area contributed by atoms with Crippen LogP contribution in [0, 0.1) is 0 Å². The number of nitrogens with zero attached hydrogens (tertiary/aromatic N) is 1. The lowest BCUT2D eigenvalue weighted by Gasteiger charge is -1.99. The molecule has 0 aromatic heterocycles. The highest BCUT2D eigenvalue weighted by Gasteiger charge is 1.88. The van der Waals surface area contributed by atoms with E-state index < -0.39 is 0 Å². The fourth-order valence-electron chi connectivity index (χ4n) is 0.770. The standard InChI is InChI=1S/C9H10BrN3S/c1-11-9(14)13-12-6-7-2-4-8(10)5-3-7/h2-6H,1H3,(H2,11,13,14)/b12-6-. The van der Waals surface area contributed by atoms with E-state index in [0.717, 1.165) is 10.0 Å². The molecule has 0 saturated carbocycles. The molecule has 0 radical (unpaired) electrons. The highest BCUT2D eigenvalue weighted by atomic mass is 79.9. The van der Waals surface area contributed by atoms with Crippen LogP contribution in [0.15, 0.2) is 33.8 Å². The topological polar surface area (TPSA) is 36.4 Å². The first-order valence-corrected chi connectivity index (χ1v) is 5.19. The molecule has 0 heterocycles. The van der Waals surface area contributed by atoms with Crippen molar-refractivity contribution in [1.82, 2.24) is 10.7 Å². The van der Waals surface area contributed by atoms with Crippen molar-refractivity contribution < 1.29 is 0 Å². The summed E-state index contributed by atoms with van der Waals surface area (Å²) in [5.41, 5.74) is 3.69. The van der Waals surface area contributed by atoms with Gasteiger partial charge in [0.15, 0.2) is 5.11 Å². The maximum absolute atomic E-state index is 4.85. The number of hydrogen-bond donors (Lipinski definition) is 2. The van der Waals surface area contributed by atoms with E-state index in [-0.39, 0.29) is 0 Å². The van der Waals surface area contributed by atoms with Crippen LogP contribution in [-0.4, -0.2) is 18.4 Å². The molecule has 0 aliphatic rings. The van der Waals surface area contributed by atoms with Crippen LogP contribution in [0.5, 0.6) is 0 Å². The Morgan fingerprint density at radius 2 is 2.07 bits per heavy atom. The highest BCUT2D eigenvalue weighted by molar-refractivity contribution is 9.10. The Morgan fingerprint density at radius 1 is 1.43 bits per heavy atom. The Balaban J connectivity index is 2.52. The van der Waals surface area contributed by atoms with Crippen molar-refractivity contribution in [3.63, 3.8) is 0 Å². The molecule has 0 aliphatic carbocycles. The monoisotopic (exact) mass is 271 g/mol. The Morgan fingerprint density at radius 3 is 2.64 bits per heavy atom. The van der Waals surface area contributed by atoms with E-state index in [4.69, 9.17) is 12.2 Å². The van der Waals surface area contributed by atoms with Gasteiger partial charge in [0, 0.05) is 11.5 Å². The van der Waals surface area contributed by atoms with Gasteiger partial charge in [-0.1, -0.05) is 28.1 Å². The first-order valence-electron chi connectivity index (χ1n) is 3.98. The van der Waals surface area contributed by atoms with E-state index in [1.54, 1.807) is 13.3 Å². The van der Waals surface area contributed by atoms with E-state index in [0.29, 0.717) is 5.11 Å². The summed E-state index contributed by atoms with van der Waals surface area (Å²) in [5, 5.41) is 7.21. The second-order valence-electron chi connectivity index (χ2n) is 2.50. The van der Waals surface area contributed by atoms with Gasteiger partial charge < -0.3 is 5.32 Å². The Kier molecular flexibility index (Phi) is 4.55. The lowest BCUT2D eigenvalue weighted by Crippen LogP contribution is -2.28. The van der Waals surface area contributed by atoms with Crippen LogP contribution >= 0.6 is 28.1 Å². The van der Waals surface area contributed by atoms with Crippen LogP contribution in [0.2, 0.25) is 0 Å². The SMILES string of the molecule is CNC(=S)N/N=C\c1ccc(Br)cc1. The molecule has 1 aromatic rings. The van der Waals surface area contributed by atoms with Crippen LogP contribution in [0.1, 0.15) is 5.56 Å². The summed E-state index contributed by atoms with van der Waals surface area (Å²) in [6.07, 6.45) is 1.70. The summed E-state index contributed by atoms with van der Waals surface area (Å²) in [4.78, 5) is 0. The zero-order valence-electron chi connectivity index (χ0n) is 7.62. The van der Waals surface area contributed by atoms with Gasteiger partial charge in [0.25, 0.3) is 0 Å². The van der Waals surface area contributed by atoms with Crippen LogP contribution in [0.4, 0.5) is 0 Å². The van der Waals surface area contributed by atoms with E-state index in [1.165, 1.54) is 0 Å². The van der Waals surface area contributed by atoms with Crippen LogP contribution in [0.3, 0.4) is 0 Å². The predicted molar refractivity (Wildman–Crippen MR) is 66.5 cm³/mol. The van der Waals surface area contributed by atoms with Crippen LogP contribution < -0.4 is 10.7 Å². The molecule has 5 heteroatoms. The molecule has 0 fully saturated rings. The molecule has 2 N–H and O–H groups in total. The molecule has 0 atom stereocenters. The van der Waals surface area contributed by atoms with E-state index in [9.17, 15) is 0 Å². The number of hydrogen-bond acceptors (Lipinski definition) is 2. The average Bonchev–Trinajstić information content (AvgIpc) is 2.21. The lowest BCUT2D eigenvalue weighted by atomic mass is 10.2. The largest absolute Gasteiger partial charge is 0.364 e. The molecule has 74 valence electrons. The molecular weight excluding hydrogens is 262 g/mol. The molecule has 0 unspecified atom stereocenters. The van der Waals surface area contributed by atoms with E-state index in [1.807, 2.05) is 24.3 Å². The van der Waals surface area contributed by atoms with Crippen LogP contribution in [-0.2, 0) is 0 Å². The fourth-order valence-corrected chi connectivity index (χ4v) is 1.09. The zero-order chi connectivity index (χ0) is 10.4. The molecule has 1 aromatic carbocycles. The molecule has 0 spiro atoms. The third kappa shape index (κ3) is 3.85. The smallest absolute Gasteiger partial charge is 0.186 e. The second kappa shape index (κ2) is 5.72. The normalized spacial score (nSPS) is 10.1. The second-order valence-corrected chi connectivity index (χ2v) is 3.82.